The third-order valence-corrected chi connectivity index (χ3v) is 15.4. The number of hydrogen-bond acceptors (Lipinski definition) is 10. The minimum atomic E-state index is -0.362. The van der Waals surface area contributed by atoms with E-state index in [2.05, 4.69) is 112 Å². The molecule has 364 valence electrons. The predicted molar refractivity (Wildman–Crippen MR) is 276 cm³/mol. The molecule has 4 aliphatic heterocycles. The molecule has 3 saturated heterocycles. The lowest BCUT2D eigenvalue weighted by Crippen LogP contribution is -2.55. The van der Waals surface area contributed by atoms with Crippen molar-refractivity contribution in [2.45, 2.75) is 109 Å². The molecule has 0 spiro atoms. The zero-order valence-electron chi connectivity index (χ0n) is 41.7. The minimum absolute atomic E-state index is 0. The molecule has 2 amide bonds. The Morgan fingerprint density at radius 1 is 1.03 bits per heavy atom. The van der Waals surface area contributed by atoms with E-state index in [0.29, 0.717) is 49.7 Å². The van der Waals surface area contributed by atoms with E-state index >= 15 is 0 Å². The Morgan fingerprint density at radius 3 is 2.54 bits per heavy atom. The number of aryl methyl sites for hydroxylation is 1. The zero-order chi connectivity index (χ0) is 48.4. The van der Waals surface area contributed by atoms with Crippen LogP contribution in [0.1, 0.15) is 102 Å². The lowest BCUT2D eigenvalue weighted by molar-refractivity contribution is -0.133. The van der Waals surface area contributed by atoms with E-state index in [1.807, 2.05) is 45.7 Å². The monoisotopic (exact) mass is 934 g/mol. The molecule has 4 fully saturated rings. The molecule has 4 aromatic rings. The molecule has 0 bridgehead atoms. The van der Waals surface area contributed by atoms with Crippen LogP contribution in [0.4, 0.5) is 17.1 Å². The van der Waals surface area contributed by atoms with Crippen LogP contribution in [0.3, 0.4) is 0 Å². The number of nitrogens with one attached hydrogen (secondary N) is 1. The van der Waals surface area contributed by atoms with Crippen molar-refractivity contribution >= 4 is 39.8 Å². The fourth-order valence-electron chi connectivity index (χ4n) is 11.8. The molecule has 0 radical (unpaired) electrons. The quantitative estimate of drug-likeness (QED) is 0.122. The van der Waals surface area contributed by atoms with Crippen molar-refractivity contribution in [1.29, 1.82) is 0 Å². The predicted octanol–water partition coefficient (Wildman–Crippen LogP) is 8.98. The summed E-state index contributed by atoms with van der Waals surface area (Å²) in [5.41, 5.74) is 14.8. The number of piperazine rings is 1. The number of allylic oxidation sites excluding steroid dienone is 1. The van der Waals surface area contributed by atoms with Crippen LogP contribution in [-0.2, 0) is 27.8 Å². The summed E-state index contributed by atoms with van der Waals surface area (Å²) in [6.07, 6.45) is 12.5. The van der Waals surface area contributed by atoms with E-state index in [-0.39, 0.29) is 30.3 Å². The Kier molecular flexibility index (Phi) is 12.3. The van der Waals surface area contributed by atoms with Gasteiger partial charge in [0.15, 0.2) is 5.88 Å². The highest BCUT2D eigenvalue weighted by molar-refractivity contribution is 5.88. The van der Waals surface area contributed by atoms with Crippen molar-refractivity contribution in [2.75, 3.05) is 74.6 Å². The molecule has 6 heterocycles. The smallest absolute Gasteiger partial charge is 0.238 e. The van der Waals surface area contributed by atoms with Crippen LogP contribution in [0.2, 0.25) is 0 Å². The third-order valence-electron chi connectivity index (χ3n) is 15.4. The highest BCUT2D eigenvalue weighted by Crippen LogP contribution is 2.46. The molecule has 2 unspecified atom stereocenters. The van der Waals surface area contributed by atoms with Gasteiger partial charge in [0.25, 0.3) is 0 Å². The van der Waals surface area contributed by atoms with Crippen molar-refractivity contribution in [3.05, 3.63) is 125 Å². The number of pyridine rings is 1. The number of carbonyl (C=O) groups excluding carboxylic acids is 2. The molecule has 2 aliphatic carbocycles. The fourth-order valence-corrected chi connectivity index (χ4v) is 11.8. The molecule has 13 heteroatoms. The number of anilines is 3. The van der Waals surface area contributed by atoms with Gasteiger partial charge in [-0.05, 0) is 114 Å². The third kappa shape index (κ3) is 9.07. The number of piperidine rings is 2. The molecule has 1 N–H and O–H groups in total. The average molecular weight is 934 g/mol. The van der Waals surface area contributed by atoms with E-state index < -0.39 is 0 Å². The number of aromatic nitrogens is 3. The summed E-state index contributed by atoms with van der Waals surface area (Å²) in [5, 5.41) is 10.0. The first-order valence-corrected chi connectivity index (χ1v) is 25.0. The van der Waals surface area contributed by atoms with Gasteiger partial charge in [-0.1, -0.05) is 49.1 Å². The summed E-state index contributed by atoms with van der Waals surface area (Å²) in [7, 11) is 3.85. The van der Waals surface area contributed by atoms with Gasteiger partial charge in [-0.25, -0.2) is 4.98 Å². The zero-order valence-corrected chi connectivity index (χ0v) is 41.7. The fraction of sp³-hybridized carbons (Fsp3) is 0.482. The number of hydrogen-bond donors (Lipinski definition) is 1. The maximum absolute atomic E-state index is 13.6. The number of carbonyl (C=O) groups is 2. The molecular formula is C56H71N9O4. The normalized spacial score (nSPS) is 24.1. The van der Waals surface area contributed by atoms with Crippen LogP contribution in [0, 0.1) is 6.92 Å². The molecule has 13 nitrogen and oxygen atoms in total. The Bertz CT molecular complexity index is 2810. The topological polar surface area (TPSA) is 112 Å². The van der Waals surface area contributed by atoms with Crippen LogP contribution in [0.5, 0.6) is 5.88 Å². The van der Waals surface area contributed by atoms with Crippen molar-refractivity contribution < 1.29 is 20.5 Å². The second-order valence-corrected chi connectivity index (χ2v) is 21.3. The van der Waals surface area contributed by atoms with Crippen LogP contribution < -0.4 is 19.9 Å². The van der Waals surface area contributed by atoms with Gasteiger partial charge in [0.2, 0.25) is 17.7 Å². The largest absolute Gasteiger partial charge is 0.474 e. The number of fused-ring (bicyclic) bond motifs is 3. The van der Waals surface area contributed by atoms with Crippen molar-refractivity contribution in [3.8, 4) is 5.88 Å². The lowest BCUT2D eigenvalue weighted by atomic mass is 9.74. The molecule has 6 aliphatic rings. The lowest BCUT2D eigenvalue weighted by Gasteiger charge is -2.46. The molecule has 2 atom stereocenters. The first kappa shape index (κ1) is 46.4. The Labute approximate surface area is 409 Å². The van der Waals surface area contributed by atoms with Crippen LogP contribution in [0.25, 0.3) is 10.9 Å². The summed E-state index contributed by atoms with van der Waals surface area (Å²) in [6.45, 7) is 24.9. The molecule has 2 aromatic heterocycles. The van der Waals surface area contributed by atoms with Crippen LogP contribution >= 0.6 is 0 Å². The van der Waals surface area contributed by atoms with Gasteiger partial charge in [-0.15, -0.1) is 5.73 Å². The summed E-state index contributed by atoms with van der Waals surface area (Å²) >= 11 is 0. The van der Waals surface area contributed by atoms with Gasteiger partial charge in [0.1, 0.15) is 17.9 Å². The summed E-state index contributed by atoms with van der Waals surface area (Å²) < 4.78 is 14.3. The molecule has 2 aromatic carbocycles. The number of benzene rings is 2. The van der Waals surface area contributed by atoms with Crippen molar-refractivity contribution in [1.82, 2.24) is 29.5 Å². The molecule has 1 saturated carbocycles. The van der Waals surface area contributed by atoms with E-state index in [0.717, 1.165) is 116 Å². The first-order chi connectivity index (χ1) is 33.1. The standard InChI is InChI=1S/C56H69N9O4.H2/c1-10-47-45(18-19-49(66)60(47)8)51-46-13-11-12-44(53(46)61(9)59-51)40-31-43(32-40)62-24-26-63(27-25-62)50(67)30-38-14-16-42(17-15-38)58-56(7)22-20-39-21-23-64(35-41(39)33-56)48-34-57-54-52(36(48)2)65(28-29-68-54)37(3)69-55(4,5)6;/h11-17,20,33-34,40,43,45,58H,1,3,18-19,21-32,35H2,2,4-9H3;1H. The number of ether oxygens (including phenoxy) is 2. The molecular weight excluding hydrogens is 863 g/mol. The second-order valence-electron chi connectivity index (χ2n) is 21.3. The van der Waals surface area contributed by atoms with Crippen molar-refractivity contribution in [2.24, 2.45) is 7.05 Å². The van der Waals surface area contributed by atoms with Crippen LogP contribution in [0.15, 0.2) is 102 Å². The van der Waals surface area contributed by atoms with E-state index in [4.69, 9.17) is 19.6 Å². The average Bonchev–Trinajstić information content (AvgIpc) is 3.65. The number of likely N-dealkylation sites (tertiary alicyclic amines) is 1. The van der Waals surface area contributed by atoms with E-state index in [1.165, 1.54) is 22.2 Å². The SMILES string of the molecule is C=C=C1C(c2nn(C)c3c(C4CC(N5CCN(C(=O)Cc6ccc(NC7(C)C=C8CN(c9cnc%10c(c9C)N(C(=C)OC(C)(C)C)CCO%10)CCC8=CC7)cc6)CC5)C4)cccc23)CCC(=O)N1C.[HH]. The minimum Gasteiger partial charge on any atom is -0.474 e. The maximum atomic E-state index is 13.6. The summed E-state index contributed by atoms with van der Waals surface area (Å²) in [6, 6.07) is 15.6. The van der Waals surface area contributed by atoms with Gasteiger partial charge < -0.3 is 34.4 Å². The number of nitrogens with zero attached hydrogens (tertiary/aromatic N) is 8. The Hall–Kier alpha value is -6.30. The summed E-state index contributed by atoms with van der Waals surface area (Å²) in [5.74, 6) is 1.99. The summed E-state index contributed by atoms with van der Waals surface area (Å²) in [4.78, 5) is 41.8. The van der Waals surface area contributed by atoms with Gasteiger partial charge in [-0.2, -0.15) is 5.10 Å². The Morgan fingerprint density at radius 2 is 1.80 bits per heavy atom. The first-order valence-electron chi connectivity index (χ1n) is 25.0. The number of rotatable bonds is 10. The van der Waals surface area contributed by atoms with Gasteiger partial charge in [0, 0.05) is 83.9 Å². The van der Waals surface area contributed by atoms with Crippen LogP contribution in [-0.4, -0.2) is 118 Å². The van der Waals surface area contributed by atoms with E-state index in [9.17, 15) is 9.59 Å². The number of para-hydroxylation sites is 1. The van der Waals surface area contributed by atoms with Gasteiger partial charge in [0.05, 0.1) is 53.2 Å². The Balaban J connectivity index is 0.00000608. The van der Waals surface area contributed by atoms with Crippen molar-refractivity contribution in [3.63, 3.8) is 0 Å². The maximum Gasteiger partial charge on any atom is 0.238 e. The van der Waals surface area contributed by atoms with Gasteiger partial charge in [-0.3, -0.25) is 19.2 Å². The number of likely N-dealkylation sites (N-methyl/N-ethyl adjacent to an activating group) is 1. The van der Waals surface area contributed by atoms with Gasteiger partial charge >= 0.3 is 0 Å². The highest BCUT2D eigenvalue weighted by Gasteiger charge is 2.39. The second kappa shape index (κ2) is 18.2. The highest BCUT2D eigenvalue weighted by atomic mass is 16.5. The molecule has 69 heavy (non-hydrogen) atoms. The number of amides is 2. The molecule has 10 rings (SSSR count). The van der Waals surface area contributed by atoms with E-state index in [1.54, 1.807) is 4.90 Å².